The van der Waals surface area contributed by atoms with Gasteiger partial charge in [-0.2, -0.15) is 0 Å². The van der Waals surface area contributed by atoms with Crippen LogP contribution in [0.4, 0.5) is 11.4 Å². The van der Waals surface area contributed by atoms with Crippen LogP contribution in [0.2, 0.25) is 0 Å². The highest BCUT2D eigenvalue weighted by Gasteiger charge is 2.08. The van der Waals surface area contributed by atoms with Gasteiger partial charge in [0.1, 0.15) is 0 Å². The fourth-order valence-corrected chi connectivity index (χ4v) is 1.87. The highest BCUT2D eigenvalue weighted by Crippen LogP contribution is 2.17. The molecule has 0 spiro atoms. The second kappa shape index (κ2) is 5.03. The van der Waals surface area contributed by atoms with Crippen LogP contribution in [0.1, 0.15) is 12.8 Å². The van der Waals surface area contributed by atoms with Crippen molar-refractivity contribution < 1.29 is 4.74 Å². The van der Waals surface area contributed by atoms with Crippen molar-refractivity contribution in [3.05, 3.63) is 24.3 Å². The Morgan fingerprint density at radius 1 is 1.00 bits per heavy atom. The SMILES string of the molecule is Nc1ccc(N2CCCOCCC2)cc1. The Morgan fingerprint density at radius 2 is 1.60 bits per heavy atom. The van der Waals surface area contributed by atoms with E-state index in [2.05, 4.69) is 17.0 Å². The van der Waals surface area contributed by atoms with Gasteiger partial charge in [-0.3, -0.25) is 0 Å². The summed E-state index contributed by atoms with van der Waals surface area (Å²) in [6.07, 6.45) is 2.20. The van der Waals surface area contributed by atoms with Gasteiger partial charge in [0.05, 0.1) is 0 Å². The topological polar surface area (TPSA) is 38.5 Å². The summed E-state index contributed by atoms with van der Waals surface area (Å²) < 4.78 is 5.43. The van der Waals surface area contributed by atoms with Crippen LogP contribution in [-0.4, -0.2) is 26.3 Å². The first-order chi connectivity index (χ1) is 7.36. The molecular formula is C12H18N2O. The van der Waals surface area contributed by atoms with Crippen LogP contribution in [-0.2, 0) is 4.74 Å². The zero-order chi connectivity index (χ0) is 10.5. The number of anilines is 2. The predicted molar refractivity (Wildman–Crippen MR) is 63.1 cm³/mol. The zero-order valence-corrected chi connectivity index (χ0v) is 8.98. The van der Waals surface area contributed by atoms with E-state index in [0.717, 1.165) is 44.8 Å². The van der Waals surface area contributed by atoms with Crippen molar-refractivity contribution >= 4 is 11.4 Å². The van der Waals surface area contributed by atoms with Crippen molar-refractivity contribution in [3.63, 3.8) is 0 Å². The third kappa shape index (κ3) is 2.86. The minimum Gasteiger partial charge on any atom is -0.399 e. The van der Waals surface area contributed by atoms with Gasteiger partial charge < -0.3 is 15.4 Å². The molecular weight excluding hydrogens is 188 g/mol. The highest BCUT2D eigenvalue weighted by molar-refractivity contribution is 5.53. The van der Waals surface area contributed by atoms with Crippen molar-refractivity contribution in [2.75, 3.05) is 36.9 Å². The fourth-order valence-electron chi connectivity index (χ4n) is 1.87. The van der Waals surface area contributed by atoms with E-state index in [1.807, 2.05) is 12.1 Å². The third-order valence-electron chi connectivity index (χ3n) is 2.69. The smallest absolute Gasteiger partial charge is 0.0482 e. The largest absolute Gasteiger partial charge is 0.399 e. The second-order valence-electron chi connectivity index (χ2n) is 3.90. The molecule has 1 aliphatic rings. The summed E-state index contributed by atoms with van der Waals surface area (Å²) in [4.78, 5) is 2.40. The number of nitrogens with zero attached hydrogens (tertiary/aromatic N) is 1. The first-order valence-corrected chi connectivity index (χ1v) is 5.54. The maximum atomic E-state index is 5.67. The van der Waals surface area contributed by atoms with Crippen molar-refractivity contribution in [1.29, 1.82) is 0 Å². The van der Waals surface area contributed by atoms with Crippen molar-refractivity contribution in [1.82, 2.24) is 0 Å². The molecule has 0 radical (unpaired) electrons. The monoisotopic (exact) mass is 206 g/mol. The molecule has 0 saturated carbocycles. The summed E-state index contributed by atoms with van der Waals surface area (Å²) >= 11 is 0. The molecule has 1 aromatic carbocycles. The normalized spacial score (nSPS) is 18.3. The molecule has 0 bridgehead atoms. The average molecular weight is 206 g/mol. The van der Waals surface area contributed by atoms with Gasteiger partial charge in [0.15, 0.2) is 0 Å². The van der Waals surface area contributed by atoms with Crippen LogP contribution in [0.5, 0.6) is 0 Å². The van der Waals surface area contributed by atoms with E-state index >= 15 is 0 Å². The van der Waals surface area contributed by atoms with E-state index < -0.39 is 0 Å². The Hall–Kier alpha value is -1.22. The van der Waals surface area contributed by atoms with Gasteiger partial charge in [0.25, 0.3) is 0 Å². The summed E-state index contributed by atoms with van der Waals surface area (Å²) in [6, 6.07) is 8.12. The number of nitrogens with two attached hydrogens (primary N) is 1. The van der Waals surface area contributed by atoms with Gasteiger partial charge in [-0.1, -0.05) is 0 Å². The minimum atomic E-state index is 0.828. The lowest BCUT2D eigenvalue weighted by Crippen LogP contribution is -2.29. The van der Waals surface area contributed by atoms with Crippen LogP contribution in [0.3, 0.4) is 0 Å². The van der Waals surface area contributed by atoms with E-state index in [4.69, 9.17) is 10.5 Å². The maximum Gasteiger partial charge on any atom is 0.0482 e. The quantitative estimate of drug-likeness (QED) is 0.713. The van der Waals surface area contributed by atoms with Crippen LogP contribution in [0, 0.1) is 0 Å². The van der Waals surface area contributed by atoms with Gasteiger partial charge in [-0.15, -0.1) is 0 Å². The molecule has 2 rings (SSSR count). The lowest BCUT2D eigenvalue weighted by molar-refractivity contribution is 0.124. The van der Waals surface area contributed by atoms with Crippen molar-refractivity contribution in [3.8, 4) is 0 Å². The number of hydrogen-bond acceptors (Lipinski definition) is 3. The van der Waals surface area contributed by atoms with Gasteiger partial charge in [-0.05, 0) is 37.1 Å². The molecule has 1 aliphatic heterocycles. The van der Waals surface area contributed by atoms with Gasteiger partial charge in [0.2, 0.25) is 0 Å². The van der Waals surface area contributed by atoms with Gasteiger partial charge >= 0.3 is 0 Å². The van der Waals surface area contributed by atoms with E-state index in [1.165, 1.54) is 5.69 Å². The van der Waals surface area contributed by atoms with Crippen LogP contribution < -0.4 is 10.6 Å². The highest BCUT2D eigenvalue weighted by atomic mass is 16.5. The molecule has 2 N–H and O–H groups in total. The lowest BCUT2D eigenvalue weighted by atomic mass is 10.2. The first kappa shape index (κ1) is 10.3. The molecule has 15 heavy (non-hydrogen) atoms. The molecule has 1 fully saturated rings. The standard InChI is InChI=1S/C12H18N2O/c13-11-3-5-12(6-4-11)14-7-1-9-15-10-2-8-14/h3-6H,1-2,7-10,13H2. The molecule has 1 saturated heterocycles. The van der Waals surface area contributed by atoms with Gasteiger partial charge in [0, 0.05) is 37.7 Å². The Bertz CT molecular complexity index is 289. The zero-order valence-electron chi connectivity index (χ0n) is 8.98. The Balaban J connectivity index is 2.03. The van der Waals surface area contributed by atoms with Crippen LogP contribution >= 0.6 is 0 Å². The van der Waals surface area contributed by atoms with Gasteiger partial charge in [-0.25, -0.2) is 0 Å². The maximum absolute atomic E-state index is 5.67. The molecule has 0 atom stereocenters. The van der Waals surface area contributed by atoms with E-state index in [1.54, 1.807) is 0 Å². The van der Waals surface area contributed by atoms with Crippen molar-refractivity contribution in [2.24, 2.45) is 0 Å². The molecule has 0 aromatic heterocycles. The lowest BCUT2D eigenvalue weighted by Gasteiger charge is -2.26. The summed E-state index contributed by atoms with van der Waals surface area (Å²) in [5, 5.41) is 0. The van der Waals surface area contributed by atoms with Crippen LogP contribution in [0.15, 0.2) is 24.3 Å². The first-order valence-electron chi connectivity index (χ1n) is 5.54. The predicted octanol–water partition coefficient (Wildman–Crippen LogP) is 1.89. The molecule has 1 aromatic rings. The third-order valence-corrected chi connectivity index (χ3v) is 2.69. The summed E-state index contributed by atoms with van der Waals surface area (Å²) in [5.41, 5.74) is 7.77. The number of ether oxygens (including phenoxy) is 1. The molecule has 1 heterocycles. The summed E-state index contributed by atoms with van der Waals surface area (Å²) in [6.45, 7) is 3.91. The number of benzene rings is 1. The molecule has 3 heteroatoms. The number of nitrogen functional groups attached to an aromatic ring is 1. The average Bonchev–Trinajstić information content (AvgIpc) is 2.19. The van der Waals surface area contributed by atoms with E-state index in [0.29, 0.717) is 0 Å². The molecule has 0 aliphatic carbocycles. The second-order valence-corrected chi connectivity index (χ2v) is 3.90. The molecule has 0 unspecified atom stereocenters. The molecule has 82 valence electrons. The Labute approximate surface area is 90.8 Å². The van der Waals surface area contributed by atoms with Crippen LogP contribution in [0.25, 0.3) is 0 Å². The number of rotatable bonds is 1. The van der Waals surface area contributed by atoms with E-state index in [9.17, 15) is 0 Å². The fraction of sp³-hybridized carbons (Fsp3) is 0.500. The van der Waals surface area contributed by atoms with E-state index in [-0.39, 0.29) is 0 Å². The van der Waals surface area contributed by atoms with Crippen molar-refractivity contribution in [2.45, 2.75) is 12.8 Å². The summed E-state index contributed by atoms with van der Waals surface area (Å²) in [7, 11) is 0. The Kier molecular flexibility index (Phi) is 3.45. The number of hydrogen-bond donors (Lipinski definition) is 1. The Morgan fingerprint density at radius 3 is 2.20 bits per heavy atom. The molecule has 3 nitrogen and oxygen atoms in total. The summed E-state index contributed by atoms with van der Waals surface area (Å²) in [5.74, 6) is 0. The minimum absolute atomic E-state index is 0.828. The molecule has 0 amide bonds.